The molecule has 0 aromatic heterocycles. The Bertz CT molecular complexity index is 1240. The smallest absolute Gasteiger partial charge is 0.335 e. The Labute approximate surface area is 219 Å². The van der Waals surface area contributed by atoms with Gasteiger partial charge in [0.05, 0.1) is 16.1 Å². The van der Waals surface area contributed by atoms with Gasteiger partial charge in [0, 0.05) is 17.1 Å². The number of hydrogen-bond acceptors (Lipinski definition) is 5. The van der Waals surface area contributed by atoms with Gasteiger partial charge in [-0.25, -0.2) is 4.79 Å². The molecular formula is C27H29BrN2O5Si. The Balaban J connectivity index is 1.73. The van der Waals surface area contributed by atoms with Crippen LogP contribution in [0.4, 0.5) is 11.4 Å². The molecule has 1 saturated carbocycles. The maximum Gasteiger partial charge on any atom is 0.335 e. The number of benzene rings is 3. The molecular weight excluding hydrogens is 540 g/mol. The van der Waals surface area contributed by atoms with Crippen LogP contribution in [-0.2, 0) is 4.43 Å². The van der Waals surface area contributed by atoms with Crippen LogP contribution in [0.3, 0.4) is 0 Å². The SMILES string of the molecule is CC(C)(C)[Si](OC1(CNc2c(Br)cc(C(=O)O)cc2[N+](=O)[O-])CC1)(c1ccccc1)c1ccccc1. The lowest BCUT2D eigenvalue weighted by molar-refractivity contribution is -0.384. The minimum absolute atomic E-state index is 0.149. The molecule has 2 N–H and O–H groups in total. The van der Waals surface area contributed by atoms with E-state index < -0.39 is 24.8 Å². The van der Waals surface area contributed by atoms with Crippen LogP contribution in [0.1, 0.15) is 44.0 Å². The average molecular weight is 570 g/mol. The third kappa shape index (κ3) is 4.96. The zero-order valence-electron chi connectivity index (χ0n) is 20.5. The fraction of sp³-hybridized carbons (Fsp3) is 0.296. The molecule has 0 amide bonds. The molecule has 1 aliphatic rings. The number of nitro groups is 1. The topological polar surface area (TPSA) is 102 Å². The summed E-state index contributed by atoms with van der Waals surface area (Å²) in [5, 5.41) is 26.4. The van der Waals surface area contributed by atoms with Crippen LogP contribution in [-0.4, -0.2) is 36.5 Å². The molecule has 0 saturated heterocycles. The van der Waals surface area contributed by atoms with Crippen molar-refractivity contribution >= 4 is 52.0 Å². The number of carboxylic acids is 1. The highest BCUT2D eigenvalue weighted by atomic mass is 79.9. The molecule has 3 aromatic rings. The lowest BCUT2D eigenvalue weighted by Gasteiger charge is -2.45. The van der Waals surface area contributed by atoms with E-state index >= 15 is 0 Å². The number of rotatable bonds is 9. The van der Waals surface area contributed by atoms with Gasteiger partial charge < -0.3 is 14.8 Å². The largest absolute Gasteiger partial charge is 0.478 e. The molecule has 188 valence electrons. The molecule has 4 rings (SSSR count). The second-order valence-electron chi connectivity index (χ2n) is 10.2. The van der Waals surface area contributed by atoms with Gasteiger partial charge in [0.15, 0.2) is 0 Å². The Kier molecular flexibility index (Phi) is 7.09. The van der Waals surface area contributed by atoms with E-state index in [0.29, 0.717) is 11.0 Å². The number of anilines is 1. The van der Waals surface area contributed by atoms with Crippen molar-refractivity contribution < 1.29 is 19.3 Å². The molecule has 1 aliphatic carbocycles. The summed E-state index contributed by atoms with van der Waals surface area (Å²) in [5.74, 6) is -1.22. The first-order chi connectivity index (χ1) is 17.0. The number of hydrogen-bond donors (Lipinski definition) is 2. The summed E-state index contributed by atoms with van der Waals surface area (Å²) in [6.07, 6.45) is 1.65. The Morgan fingerprint density at radius 2 is 1.61 bits per heavy atom. The Hall–Kier alpha value is -3.01. The number of halogens is 1. The van der Waals surface area contributed by atoms with Crippen LogP contribution in [0.15, 0.2) is 77.3 Å². The molecule has 0 radical (unpaired) electrons. The third-order valence-electron chi connectivity index (χ3n) is 6.69. The number of nitrogens with one attached hydrogen (secondary N) is 1. The fourth-order valence-electron chi connectivity index (χ4n) is 4.71. The predicted octanol–water partition coefficient (Wildman–Crippen LogP) is 5.58. The van der Waals surface area contributed by atoms with Gasteiger partial charge in [-0.1, -0.05) is 81.4 Å². The first-order valence-corrected chi connectivity index (χ1v) is 14.5. The highest BCUT2D eigenvalue weighted by molar-refractivity contribution is 9.10. The van der Waals surface area contributed by atoms with Gasteiger partial charge >= 0.3 is 5.97 Å². The summed E-state index contributed by atoms with van der Waals surface area (Å²) in [5.41, 5.74) is -0.682. The maximum atomic E-state index is 11.7. The minimum atomic E-state index is -2.80. The Morgan fingerprint density at radius 1 is 1.08 bits per heavy atom. The number of nitrogens with zero attached hydrogens (tertiary/aromatic N) is 1. The van der Waals surface area contributed by atoms with Crippen molar-refractivity contribution in [3.63, 3.8) is 0 Å². The van der Waals surface area contributed by atoms with E-state index in [-0.39, 0.29) is 22.0 Å². The number of nitro benzene ring substituents is 1. The molecule has 9 heteroatoms. The predicted molar refractivity (Wildman–Crippen MR) is 147 cm³/mol. The first kappa shape index (κ1) is 26.1. The van der Waals surface area contributed by atoms with Crippen LogP contribution < -0.4 is 15.7 Å². The second-order valence-corrected chi connectivity index (χ2v) is 15.3. The van der Waals surface area contributed by atoms with Gasteiger partial charge in [0.1, 0.15) is 5.69 Å². The van der Waals surface area contributed by atoms with E-state index in [1.54, 1.807) is 0 Å². The third-order valence-corrected chi connectivity index (χ3v) is 12.5. The van der Waals surface area contributed by atoms with Crippen molar-refractivity contribution in [1.29, 1.82) is 0 Å². The molecule has 0 bridgehead atoms. The van der Waals surface area contributed by atoms with Gasteiger partial charge in [-0.3, -0.25) is 10.1 Å². The van der Waals surface area contributed by atoms with Crippen molar-refractivity contribution in [2.45, 2.75) is 44.3 Å². The lowest BCUT2D eigenvalue weighted by Crippen LogP contribution is -2.68. The van der Waals surface area contributed by atoms with Gasteiger partial charge in [-0.15, -0.1) is 0 Å². The van der Waals surface area contributed by atoms with Crippen LogP contribution in [0, 0.1) is 10.1 Å². The molecule has 36 heavy (non-hydrogen) atoms. The normalized spacial score (nSPS) is 14.8. The van der Waals surface area contributed by atoms with Crippen LogP contribution in [0.25, 0.3) is 0 Å². The number of aromatic carboxylic acids is 1. The van der Waals surface area contributed by atoms with Crippen molar-refractivity contribution in [2.24, 2.45) is 0 Å². The minimum Gasteiger partial charge on any atom is -0.478 e. The van der Waals surface area contributed by atoms with Crippen LogP contribution in [0.2, 0.25) is 5.04 Å². The molecule has 0 atom stereocenters. The lowest BCUT2D eigenvalue weighted by atomic mass is 10.1. The summed E-state index contributed by atoms with van der Waals surface area (Å²) < 4.78 is 7.62. The highest BCUT2D eigenvalue weighted by Gasteiger charge is 2.58. The second kappa shape index (κ2) is 9.80. The monoisotopic (exact) mass is 568 g/mol. The summed E-state index contributed by atoms with van der Waals surface area (Å²) in [7, 11) is -2.80. The van der Waals surface area contributed by atoms with Crippen molar-refractivity contribution in [3.8, 4) is 0 Å². The summed E-state index contributed by atoms with van der Waals surface area (Å²) in [6.45, 7) is 7.02. The van der Waals surface area contributed by atoms with E-state index in [4.69, 9.17) is 4.43 Å². The zero-order valence-corrected chi connectivity index (χ0v) is 23.0. The van der Waals surface area contributed by atoms with Crippen molar-refractivity contribution in [3.05, 3.63) is 92.9 Å². The van der Waals surface area contributed by atoms with E-state index in [0.717, 1.165) is 18.9 Å². The standard InChI is InChI=1S/C27H29BrN2O5Si/c1-26(2,3)36(20-10-6-4-7-11-20,21-12-8-5-9-13-21)35-27(14-15-27)18-29-24-22(28)16-19(25(31)32)17-23(24)30(33)34/h4-13,16-17,29H,14-15,18H2,1-3H3,(H,31,32). The van der Waals surface area contributed by atoms with Crippen LogP contribution >= 0.6 is 15.9 Å². The molecule has 3 aromatic carbocycles. The van der Waals surface area contributed by atoms with E-state index in [9.17, 15) is 20.0 Å². The molecule has 0 unspecified atom stereocenters. The first-order valence-electron chi connectivity index (χ1n) is 11.8. The summed E-state index contributed by atoms with van der Waals surface area (Å²) in [4.78, 5) is 22.6. The highest BCUT2D eigenvalue weighted by Crippen LogP contribution is 2.48. The molecule has 0 aliphatic heterocycles. The molecule has 0 spiro atoms. The fourth-order valence-corrected chi connectivity index (χ4v) is 10.2. The van der Waals surface area contributed by atoms with E-state index in [1.807, 2.05) is 36.4 Å². The zero-order chi connectivity index (χ0) is 26.1. The van der Waals surface area contributed by atoms with Crippen molar-refractivity contribution in [1.82, 2.24) is 0 Å². The summed E-state index contributed by atoms with van der Waals surface area (Å²) >= 11 is 3.33. The van der Waals surface area contributed by atoms with Gasteiger partial charge in [0.25, 0.3) is 14.0 Å². The van der Waals surface area contributed by atoms with Crippen LogP contribution in [0.5, 0.6) is 0 Å². The van der Waals surface area contributed by atoms with Gasteiger partial charge in [-0.2, -0.15) is 0 Å². The van der Waals surface area contributed by atoms with Crippen molar-refractivity contribution in [2.75, 3.05) is 11.9 Å². The molecule has 7 nitrogen and oxygen atoms in total. The molecule has 0 heterocycles. The van der Waals surface area contributed by atoms with Gasteiger partial charge in [0.2, 0.25) is 0 Å². The molecule has 1 fully saturated rings. The quantitative estimate of drug-likeness (QED) is 0.198. The maximum absolute atomic E-state index is 11.7. The Morgan fingerprint density at radius 3 is 2.03 bits per heavy atom. The average Bonchev–Trinajstić information content (AvgIpc) is 3.61. The number of carboxylic acid groups (broad SMARTS) is 1. The number of carbonyl (C=O) groups is 1. The van der Waals surface area contributed by atoms with E-state index in [2.05, 4.69) is 66.3 Å². The summed E-state index contributed by atoms with van der Waals surface area (Å²) in [6, 6.07) is 23.2. The van der Waals surface area contributed by atoms with E-state index in [1.165, 1.54) is 16.4 Å². The van der Waals surface area contributed by atoms with Gasteiger partial charge in [-0.05, 0) is 50.2 Å².